The molecule has 0 bridgehead atoms. The fourth-order valence-electron chi connectivity index (χ4n) is 5.88. The van der Waals surface area contributed by atoms with Gasteiger partial charge in [0.25, 0.3) is 0 Å². The number of carbonyl (C=O) groups is 1. The van der Waals surface area contributed by atoms with Crippen LogP contribution in [0.25, 0.3) is 44.2 Å². The number of hydrogen-bond acceptors (Lipinski definition) is 5. The van der Waals surface area contributed by atoms with Crippen LogP contribution in [-0.2, 0) is 26.9 Å². The highest BCUT2D eigenvalue weighted by Gasteiger charge is 2.20. The molecule has 0 saturated carbocycles. The molecule has 0 unspecified atom stereocenters. The van der Waals surface area contributed by atoms with E-state index in [1.165, 1.54) is 0 Å². The molecular weight excluding hydrogens is 595 g/mol. The lowest BCUT2D eigenvalue weighted by atomic mass is 9.92. The second kappa shape index (κ2) is 11.8. The third kappa shape index (κ3) is 5.46. The van der Waals surface area contributed by atoms with E-state index in [1.807, 2.05) is 84.4 Å². The Morgan fingerprint density at radius 3 is 2.28 bits per heavy atom. The van der Waals surface area contributed by atoms with Crippen LogP contribution in [0.3, 0.4) is 0 Å². The van der Waals surface area contributed by atoms with Gasteiger partial charge in [-0.1, -0.05) is 66.7 Å². The van der Waals surface area contributed by atoms with E-state index >= 15 is 0 Å². The maximum absolute atomic E-state index is 13.2. The van der Waals surface area contributed by atoms with Crippen molar-refractivity contribution in [3.05, 3.63) is 133 Å². The van der Waals surface area contributed by atoms with Gasteiger partial charge in [-0.25, -0.2) is 18.4 Å². The van der Waals surface area contributed by atoms with Crippen LogP contribution in [0.15, 0.2) is 127 Å². The SMILES string of the molecule is Cc1nccn1CC(=O)N(C)c1ccc(-c2cnc3[nH]c4ccc(CS(=O)(=O)c5ccccc5)cc4c3c2-c2ccccc2)cc1. The molecule has 3 heterocycles. The summed E-state index contributed by atoms with van der Waals surface area (Å²) in [7, 11) is -1.75. The molecule has 46 heavy (non-hydrogen) atoms. The van der Waals surface area contributed by atoms with Crippen LogP contribution in [0, 0.1) is 6.92 Å². The fourth-order valence-corrected chi connectivity index (χ4v) is 7.24. The van der Waals surface area contributed by atoms with Crippen molar-refractivity contribution < 1.29 is 13.2 Å². The summed E-state index contributed by atoms with van der Waals surface area (Å²) < 4.78 is 28.3. The van der Waals surface area contributed by atoms with Gasteiger partial charge in [0.1, 0.15) is 18.0 Å². The van der Waals surface area contributed by atoms with Crippen molar-refractivity contribution in [1.29, 1.82) is 0 Å². The van der Waals surface area contributed by atoms with Crippen molar-refractivity contribution in [3.8, 4) is 22.3 Å². The molecule has 1 amide bonds. The molecule has 8 nitrogen and oxygen atoms in total. The van der Waals surface area contributed by atoms with E-state index in [0.717, 1.165) is 55.7 Å². The number of sulfone groups is 1. The summed E-state index contributed by atoms with van der Waals surface area (Å²) in [5.41, 5.74) is 6.95. The molecule has 0 radical (unpaired) electrons. The number of benzene rings is 4. The average molecular weight is 626 g/mol. The Morgan fingerprint density at radius 1 is 0.870 bits per heavy atom. The first-order chi connectivity index (χ1) is 22.3. The van der Waals surface area contributed by atoms with Crippen molar-refractivity contribution in [2.45, 2.75) is 24.1 Å². The van der Waals surface area contributed by atoms with Gasteiger partial charge in [-0.2, -0.15) is 0 Å². The molecule has 0 atom stereocenters. The summed E-state index contributed by atoms with van der Waals surface area (Å²) >= 11 is 0. The molecule has 0 aliphatic carbocycles. The first kappa shape index (κ1) is 29.2. The minimum absolute atomic E-state index is 0.0502. The van der Waals surface area contributed by atoms with Gasteiger partial charge in [0.2, 0.25) is 5.91 Å². The van der Waals surface area contributed by atoms with Gasteiger partial charge < -0.3 is 14.5 Å². The number of imidazole rings is 1. The van der Waals surface area contributed by atoms with E-state index in [0.29, 0.717) is 10.5 Å². The fraction of sp³-hybridized carbons (Fsp3) is 0.108. The number of nitrogens with zero attached hydrogens (tertiary/aromatic N) is 4. The van der Waals surface area contributed by atoms with E-state index in [1.54, 1.807) is 48.6 Å². The molecule has 7 aromatic rings. The Bertz CT molecular complexity index is 2310. The Kier molecular flexibility index (Phi) is 7.46. The smallest absolute Gasteiger partial charge is 0.246 e. The van der Waals surface area contributed by atoms with Crippen LogP contribution < -0.4 is 4.90 Å². The summed E-state index contributed by atoms with van der Waals surface area (Å²) in [6.07, 6.45) is 5.36. The summed E-state index contributed by atoms with van der Waals surface area (Å²) in [4.78, 5) is 27.4. The van der Waals surface area contributed by atoms with E-state index in [-0.39, 0.29) is 18.2 Å². The Hall–Kier alpha value is -5.54. The molecule has 0 fully saturated rings. The number of amides is 1. The molecule has 1 N–H and O–H groups in total. The number of pyridine rings is 1. The van der Waals surface area contributed by atoms with Crippen molar-refractivity contribution in [2.75, 3.05) is 11.9 Å². The minimum atomic E-state index is -3.52. The number of rotatable bonds is 8. The minimum Gasteiger partial charge on any atom is -0.339 e. The van der Waals surface area contributed by atoms with Gasteiger partial charge >= 0.3 is 0 Å². The number of likely N-dealkylation sites (N-methyl/N-ethyl adjacent to an activating group) is 1. The van der Waals surface area contributed by atoms with Gasteiger partial charge in [-0.15, -0.1) is 0 Å². The van der Waals surface area contributed by atoms with Crippen molar-refractivity contribution in [2.24, 2.45) is 0 Å². The van der Waals surface area contributed by atoms with Gasteiger partial charge in [-0.3, -0.25) is 4.79 Å². The predicted octanol–water partition coefficient (Wildman–Crippen LogP) is 7.19. The zero-order chi connectivity index (χ0) is 31.8. The first-order valence-corrected chi connectivity index (χ1v) is 16.5. The quantitative estimate of drug-likeness (QED) is 0.193. The third-order valence-corrected chi connectivity index (χ3v) is 10.1. The normalized spacial score (nSPS) is 11.7. The lowest BCUT2D eigenvalue weighted by Crippen LogP contribution is -2.30. The number of nitrogens with one attached hydrogen (secondary N) is 1. The zero-order valence-electron chi connectivity index (χ0n) is 25.4. The number of aryl methyl sites for hydroxylation is 1. The standard InChI is InChI=1S/C37H31N5O3S/c1-25-38-19-20-42(25)23-34(43)41(2)29-16-14-27(15-17-29)32-22-39-37-36(35(32)28-9-5-3-6-10-28)31-21-26(13-18-33(31)40-37)24-46(44,45)30-11-7-4-8-12-30/h3-22H,23-24H2,1-2H3,(H,39,40). The third-order valence-electron chi connectivity index (χ3n) is 8.38. The van der Waals surface area contributed by atoms with Crippen LogP contribution in [-0.4, -0.2) is 40.9 Å². The molecule has 228 valence electrons. The zero-order valence-corrected chi connectivity index (χ0v) is 26.2. The second-order valence-electron chi connectivity index (χ2n) is 11.3. The first-order valence-electron chi connectivity index (χ1n) is 14.9. The Labute approximate surface area is 266 Å². The summed E-state index contributed by atoms with van der Waals surface area (Å²) in [5, 5.41) is 1.82. The number of carbonyl (C=O) groups excluding carboxylic acids is 1. The maximum Gasteiger partial charge on any atom is 0.246 e. The molecule has 4 aromatic carbocycles. The van der Waals surface area contributed by atoms with E-state index in [4.69, 9.17) is 4.98 Å². The maximum atomic E-state index is 13.2. The lowest BCUT2D eigenvalue weighted by Gasteiger charge is -2.19. The molecule has 0 saturated heterocycles. The molecular formula is C37H31N5O3S. The van der Waals surface area contributed by atoms with Crippen LogP contribution in [0.2, 0.25) is 0 Å². The van der Waals surface area contributed by atoms with Crippen LogP contribution in [0.5, 0.6) is 0 Å². The molecule has 7 rings (SSSR count). The second-order valence-corrected chi connectivity index (χ2v) is 13.3. The molecule has 0 aliphatic rings. The molecule has 9 heteroatoms. The summed E-state index contributed by atoms with van der Waals surface area (Å²) in [6, 6.07) is 32.3. The Balaban J connectivity index is 1.30. The van der Waals surface area contributed by atoms with Crippen molar-refractivity contribution in [3.63, 3.8) is 0 Å². The number of aromatic nitrogens is 4. The highest BCUT2D eigenvalue weighted by Crippen LogP contribution is 2.41. The molecule has 3 aromatic heterocycles. The van der Waals surface area contributed by atoms with Gasteiger partial charge in [0, 0.05) is 58.7 Å². The van der Waals surface area contributed by atoms with E-state index in [2.05, 4.69) is 22.1 Å². The topological polar surface area (TPSA) is 101 Å². The van der Waals surface area contributed by atoms with Crippen molar-refractivity contribution >= 4 is 43.4 Å². The van der Waals surface area contributed by atoms with Gasteiger partial charge in [0.15, 0.2) is 9.84 Å². The summed E-state index contributed by atoms with van der Waals surface area (Å²) in [6.45, 7) is 2.08. The number of hydrogen-bond donors (Lipinski definition) is 1. The van der Waals surface area contributed by atoms with Crippen LogP contribution in [0.1, 0.15) is 11.4 Å². The van der Waals surface area contributed by atoms with Crippen molar-refractivity contribution in [1.82, 2.24) is 19.5 Å². The number of fused-ring (bicyclic) bond motifs is 3. The largest absolute Gasteiger partial charge is 0.339 e. The molecule has 0 aliphatic heterocycles. The van der Waals surface area contributed by atoms with E-state index < -0.39 is 9.84 Å². The highest BCUT2D eigenvalue weighted by atomic mass is 32.2. The summed E-state index contributed by atoms with van der Waals surface area (Å²) in [5.74, 6) is 0.628. The Morgan fingerprint density at radius 2 is 1.59 bits per heavy atom. The predicted molar refractivity (Wildman–Crippen MR) is 182 cm³/mol. The number of anilines is 1. The van der Waals surface area contributed by atoms with Gasteiger partial charge in [-0.05, 0) is 60.0 Å². The molecule has 0 spiro atoms. The number of aromatic amines is 1. The van der Waals surface area contributed by atoms with Gasteiger partial charge in [0.05, 0.1) is 10.6 Å². The average Bonchev–Trinajstić information content (AvgIpc) is 3.66. The van der Waals surface area contributed by atoms with Crippen LogP contribution >= 0.6 is 0 Å². The lowest BCUT2D eigenvalue weighted by molar-refractivity contribution is -0.118. The number of H-pyrrole nitrogens is 1. The van der Waals surface area contributed by atoms with E-state index in [9.17, 15) is 13.2 Å². The highest BCUT2D eigenvalue weighted by molar-refractivity contribution is 7.90. The monoisotopic (exact) mass is 625 g/mol. The van der Waals surface area contributed by atoms with Crippen LogP contribution in [0.4, 0.5) is 5.69 Å².